The maximum atomic E-state index is 13.4. The topological polar surface area (TPSA) is 55.1 Å². The van der Waals surface area contributed by atoms with Gasteiger partial charge in [0.25, 0.3) is 0 Å². The number of hydrogen-bond acceptors (Lipinski definition) is 2. The van der Waals surface area contributed by atoms with Crippen molar-refractivity contribution in [1.29, 1.82) is 0 Å². The monoisotopic (exact) mass is 200 g/mol. The number of aromatic nitrogens is 2. The molecule has 0 aromatic carbocycles. The van der Waals surface area contributed by atoms with E-state index in [9.17, 15) is 9.18 Å². The number of rotatable bonds is 4. The molecule has 1 heterocycles. The molecule has 0 aliphatic carbocycles. The molecule has 0 amide bonds. The van der Waals surface area contributed by atoms with Gasteiger partial charge in [-0.1, -0.05) is 13.3 Å². The molecule has 0 spiro atoms. The Morgan fingerprint density at radius 3 is 2.71 bits per heavy atom. The van der Waals surface area contributed by atoms with Crippen molar-refractivity contribution < 1.29 is 14.3 Å². The normalized spacial score (nSPS) is 10.5. The van der Waals surface area contributed by atoms with Crippen molar-refractivity contribution in [2.24, 2.45) is 7.05 Å². The van der Waals surface area contributed by atoms with Crippen molar-refractivity contribution in [3.63, 3.8) is 0 Å². The lowest BCUT2D eigenvalue weighted by Crippen LogP contribution is -2.06. The van der Waals surface area contributed by atoms with Crippen molar-refractivity contribution in [3.8, 4) is 0 Å². The maximum absolute atomic E-state index is 13.4. The Morgan fingerprint density at radius 1 is 1.64 bits per heavy atom. The van der Waals surface area contributed by atoms with Crippen LogP contribution in [0.25, 0.3) is 0 Å². The zero-order valence-electron chi connectivity index (χ0n) is 8.25. The first-order valence-electron chi connectivity index (χ1n) is 4.52. The predicted octanol–water partition coefficient (Wildman–Crippen LogP) is 1.60. The number of carboxylic acid groups (broad SMARTS) is 1. The van der Waals surface area contributed by atoms with Crippen LogP contribution in [-0.2, 0) is 13.5 Å². The molecule has 0 bridgehead atoms. The van der Waals surface area contributed by atoms with Crippen LogP contribution in [0.1, 0.15) is 35.9 Å². The highest BCUT2D eigenvalue weighted by atomic mass is 19.1. The molecule has 1 aromatic rings. The third-order valence-electron chi connectivity index (χ3n) is 2.03. The molecule has 1 N–H and O–H groups in total. The summed E-state index contributed by atoms with van der Waals surface area (Å²) in [6, 6.07) is 0. The number of hydrogen-bond donors (Lipinski definition) is 1. The Kier molecular flexibility index (Phi) is 3.22. The number of carboxylic acids is 1. The van der Waals surface area contributed by atoms with Crippen LogP contribution >= 0.6 is 0 Å². The molecule has 0 saturated carbocycles. The highest BCUT2D eigenvalue weighted by Gasteiger charge is 2.20. The smallest absolute Gasteiger partial charge is 0.357 e. The van der Waals surface area contributed by atoms with Gasteiger partial charge in [0.05, 0.1) is 5.69 Å². The summed E-state index contributed by atoms with van der Waals surface area (Å²) in [5.41, 5.74) is -0.122. The van der Waals surface area contributed by atoms with E-state index in [2.05, 4.69) is 5.10 Å². The highest BCUT2D eigenvalue weighted by molar-refractivity contribution is 5.86. The molecule has 0 unspecified atom stereocenters. The zero-order valence-corrected chi connectivity index (χ0v) is 8.25. The Morgan fingerprint density at radius 2 is 2.29 bits per heavy atom. The molecule has 0 saturated heterocycles. The van der Waals surface area contributed by atoms with E-state index < -0.39 is 11.8 Å². The molecule has 1 aromatic heterocycles. The van der Waals surface area contributed by atoms with Crippen LogP contribution in [0.5, 0.6) is 0 Å². The second kappa shape index (κ2) is 4.21. The average Bonchev–Trinajstić information content (AvgIpc) is 2.38. The van der Waals surface area contributed by atoms with E-state index in [1.165, 1.54) is 7.05 Å². The number of aromatic carboxylic acids is 1. The molecule has 0 radical (unpaired) electrons. The van der Waals surface area contributed by atoms with E-state index in [0.29, 0.717) is 6.42 Å². The second-order valence-electron chi connectivity index (χ2n) is 3.14. The second-order valence-corrected chi connectivity index (χ2v) is 3.14. The van der Waals surface area contributed by atoms with Crippen molar-refractivity contribution in [1.82, 2.24) is 9.78 Å². The summed E-state index contributed by atoms with van der Waals surface area (Å²) in [4.78, 5) is 10.6. The Bertz CT molecular complexity index is 347. The van der Waals surface area contributed by atoms with Crippen LogP contribution in [0.3, 0.4) is 0 Å². The minimum Gasteiger partial charge on any atom is -0.476 e. The summed E-state index contributed by atoms with van der Waals surface area (Å²) in [5, 5.41) is 12.5. The molecule has 78 valence electrons. The number of carbonyl (C=O) groups is 1. The van der Waals surface area contributed by atoms with E-state index in [1.807, 2.05) is 6.92 Å². The van der Waals surface area contributed by atoms with Crippen LogP contribution in [-0.4, -0.2) is 20.9 Å². The van der Waals surface area contributed by atoms with Gasteiger partial charge in [-0.3, -0.25) is 4.68 Å². The first-order valence-corrected chi connectivity index (χ1v) is 4.52. The molecular weight excluding hydrogens is 187 g/mol. The lowest BCUT2D eigenvalue weighted by molar-refractivity contribution is 0.0679. The van der Waals surface area contributed by atoms with Crippen molar-refractivity contribution >= 4 is 5.97 Å². The third kappa shape index (κ3) is 1.92. The number of nitrogens with zero attached hydrogens (tertiary/aromatic N) is 2. The molecule has 5 heteroatoms. The molecule has 14 heavy (non-hydrogen) atoms. The Balaban J connectivity index is 2.98. The predicted molar refractivity (Wildman–Crippen MR) is 48.7 cm³/mol. The third-order valence-corrected chi connectivity index (χ3v) is 2.03. The fraction of sp³-hybridized carbons (Fsp3) is 0.556. The van der Waals surface area contributed by atoms with E-state index in [1.54, 1.807) is 0 Å². The minimum absolute atomic E-state index is 0.242. The lowest BCUT2D eigenvalue weighted by atomic mass is 10.2. The van der Waals surface area contributed by atoms with Gasteiger partial charge in [0, 0.05) is 7.05 Å². The summed E-state index contributed by atoms with van der Waals surface area (Å²) < 4.78 is 14.5. The maximum Gasteiger partial charge on any atom is 0.357 e. The molecule has 0 fully saturated rings. The molecule has 1 rings (SSSR count). The van der Waals surface area contributed by atoms with Gasteiger partial charge in [0.1, 0.15) is 0 Å². The molecular formula is C9H13FN2O2. The average molecular weight is 200 g/mol. The van der Waals surface area contributed by atoms with Gasteiger partial charge >= 0.3 is 5.97 Å². The van der Waals surface area contributed by atoms with Gasteiger partial charge < -0.3 is 5.11 Å². The first-order chi connectivity index (χ1) is 6.57. The van der Waals surface area contributed by atoms with Crippen LogP contribution in [0, 0.1) is 5.82 Å². The Hall–Kier alpha value is -1.39. The van der Waals surface area contributed by atoms with Crippen LogP contribution in [0.15, 0.2) is 0 Å². The lowest BCUT2D eigenvalue weighted by Gasteiger charge is -1.92. The number of aryl methyl sites for hydroxylation is 2. The first kappa shape index (κ1) is 10.7. The van der Waals surface area contributed by atoms with Gasteiger partial charge in [0.2, 0.25) is 0 Å². The van der Waals surface area contributed by atoms with Crippen LogP contribution in [0.4, 0.5) is 4.39 Å². The standard InChI is InChI=1S/C9H13FN2O2/c1-3-4-5-6-7(10)8(9(13)14)12(2)11-6/h3-5H2,1-2H3,(H,13,14). The number of halogens is 1. The highest BCUT2D eigenvalue weighted by Crippen LogP contribution is 2.13. The van der Waals surface area contributed by atoms with Gasteiger partial charge in [0.15, 0.2) is 11.5 Å². The van der Waals surface area contributed by atoms with Gasteiger partial charge in [-0.2, -0.15) is 5.10 Å². The van der Waals surface area contributed by atoms with E-state index in [-0.39, 0.29) is 11.4 Å². The summed E-state index contributed by atoms with van der Waals surface area (Å²) in [5.74, 6) is -1.98. The van der Waals surface area contributed by atoms with Gasteiger partial charge in [-0.25, -0.2) is 9.18 Å². The molecule has 0 aliphatic rings. The van der Waals surface area contributed by atoms with Crippen LogP contribution < -0.4 is 0 Å². The summed E-state index contributed by atoms with van der Waals surface area (Å²) in [6.07, 6.45) is 2.23. The largest absolute Gasteiger partial charge is 0.476 e. The fourth-order valence-electron chi connectivity index (χ4n) is 1.29. The van der Waals surface area contributed by atoms with Gasteiger partial charge in [-0.05, 0) is 12.8 Å². The summed E-state index contributed by atoms with van der Waals surface area (Å²) in [7, 11) is 1.43. The summed E-state index contributed by atoms with van der Waals surface area (Å²) in [6.45, 7) is 1.99. The van der Waals surface area contributed by atoms with Crippen molar-refractivity contribution in [2.45, 2.75) is 26.2 Å². The Labute approximate surface area is 81.3 Å². The fourth-order valence-corrected chi connectivity index (χ4v) is 1.29. The molecule has 4 nitrogen and oxygen atoms in total. The van der Waals surface area contributed by atoms with Crippen molar-refractivity contribution in [3.05, 3.63) is 17.2 Å². The van der Waals surface area contributed by atoms with E-state index >= 15 is 0 Å². The van der Waals surface area contributed by atoms with Crippen LogP contribution in [0.2, 0.25) is 0 Å². The summed E-state index contributed by atoms with van der Waals surface area (Å²) >= 11 is 0. The SMILES string of the molecule is CCCCc1nn(C)c(C(=O)O)c1F. The quantitative estimate of drug-likeness (QED) is 0.803. The minimum atomic E-state index is -1.28. The molecule has 0 aliphatic heterocycles. The van der Waals surface area contributed by atoms with Gasteiger partial charge in [-0.15, -0.1) is 0 Å². The number of unbranched alkanes of at least 4 members (excludes halogenated alkanes) is 1. The van der Waals surface area contributed by atoms with E-state index in [0.717, 1.165) is 17.5 Å². The van der Waals surface area contributed by atoms with E-state index in [4.69, 9.17) is 5.11 Å². The van der Waals surface area contributed by atoms with Crippen molar-refractivity contribution in [2.75, 3.05) is 0 Å². The zero-order chi connectivity index (χ0) is 10.7. The molecule has 0 atom stereocenters.